The largest absolute Gasteiger partial charge is 0.504 e. The maximum Gasteiger partial charge on any atom is 0.446 e. The molecule has 82 heavy (non-hydrogen) atoms. The topological polar surface area (TPSA) is 456 Å². The van der Waals surface area contributed by atoms with Gasteiger partial charge in [-0.15, -0.1) is 0 Å². The van der Waals surface area contributed by atoms with Crippen molar-refractivity contribution in [2.24, 2.45) is 11.7 Å². The van der Waals surface area contributed by atoms with Crippen LogP contribution in [0.3, 0.4) is 0 Å². The van der Waals surface area contributed by atoms with Gasteiger partial charge in [0, 0.05) is 57.4 Å². The Kier molecular flexibility index (Phi) is 20.1. The standard InChI is InChI=1S/C52H67N9O20S/c1-24-21-61-44(45(24)69)49(73)56-20-27(63)17-34(53)46(70)57-41(25(2)62)50(74)60-22-28(64)18-35(60)47(71)58-42(37(66)15-26-11-12-36(65)39(16-26)81-82(77,78)79)48(72)59-43(51(61)75)38(67)19-40(68)54-13-14-55-52(76)80-23-33-31-9-5-3-7-29(31)30-8-4-6-10-32(30)33/h3-12,16,24-25,27-28,33-35,37-38,41-45,62-67,69H,13-15,17-23,53H2,1-2H3,(H,54,68)(H,55,76)(H,56,73)(H,57,70)(H,58,71)(H,59,72)(H,77,78,79)/t24-,25+,27+,28+,34?,35-,37+,38+,41?,42-,43-,44-,45-/m0/s1. The quantitative estimate of drug-likeness (QED) is 0.0531. The second-order valence-electron chi connectivity index (χ2n) is 20.7. The maximum atomic E-state index is 14.8. The molecule has 0 spiro atoms. The van der Waals surface area contributed by atoms with Crippen molar-refractivity contribution >= 4 is 57.8 Å². The number of hydrogen-bond donors (Lipinski definition) is 15. The van der Waals surface area contributed by atoms with Gasteiger partial charge >= 0.3 is 16.5 Å². The SMILES string of the molecule is C[C@@H](O)C1NC(=O)C(N)C[C@@H](O)CNC(=O)[C@@H]2[C@@H](O)[C@@H](C)CN2C(=O)[C@H]([C@H](O)CC(=O)NCCNC(=O)OCC2c3ccccc3-c3ccccc32)NC(=O)[C@H]([C@H](O)Cc2ccc(O)c(OS(=O)(=O)O)c2)NC(=O)[C@@H]2C[C@@H](O)CN2C1=O. The third kappa shape index (κ3) is 14.9. The van der Waals surface area contributed by atoms with Crippen LogP contribution in [0, 0.1) is 5.92 Å². The first-order valence-electron chi connectivity index (χ1n) is 26.2. The van der Waals surface area contributed by atoms with E-state index in [1.807, 2.05) is 48.5 Å². The fourth-order valence-corrected chi connectivity index (χ4v) is 10.8. The van der Waals surface area contributed by atoms with Gasteiger partial charge < -0.3 is 92.1 Å². The van der Waals surface area contributed by atoms with E-state index >= 15 is 0 Å². The number of ether oxygens (including phenoxy) is 1. The van der Waals surface area contributed by atoms with Crippen molar-refractivity contribution in [2.75, 3.05) is 39.3 Å². The van der Waals surface area contributed by atoms with Crippen molar-refractivity contribution in [1.29, 1.82) is 0 Å². The number of phenolic OH excluding ortho intramolecular Hbond substituents is 1. The summed E-state index contributed by atoms with van der Waals surface area (Å²) in [4.78, 5) is 113. The Balaban J connectivity index is 1.15. The Morgan fingerprint density at radius 2 is 1.37 bits per heavy atom. The van der Waals surface area contributed by atoms with Gasteiger partial charge in [-0.2, -0.15) is 8.42 Å². The zero-order valence-corrected chi connectivity index (χ0v) is 45.2. The molecular formula is C52H67N9O20S. The summed E-state index contributed by atoms with van der Waals surface area (Å²) in [6.07, 6.45) is -14.4. The number of nitrogens with two attached hydrogens (primary N) is 1. The molecule has 3 aliphatic heterocycles. The molecule has 7 rings (SSSR count). The molecule has 8 amide bonds. The van der Waals surface area contributed by atoms with Gasteiger partial charge in [0.05, 0.1) is 49.1 Å². The van der Waals surface area contributed by atoms with Crippen molar-refractivity contribution < 1.29 is 96.0 Å². The average molecular weight is 1170 g/mol. The normalized spacial score (nSPS) is 27.0. The summed E-state index contributed by atoms with van der Waals surface area (Å²) >= 11 is 0. The summed E-state index contributed by atoms with van der Waals surface area (Å²) in [5.74, 6) is -11.1. The highest BCUT2D eigenvalue weighted by Crippen LogP contribution is 2.44. The Morgan fingerprint density at radius 1 is 0.756 bits per heavy atom. The second kappa shape index (κ2) is 26.6. The van der Waals surface area contributed by atoms with Gasteiger partial charge in [0.15, 0.2) is 11.5 Å². The molecule has 3 heterocycles. The first-order valence-corrected chi connectivity index (χ1v) is 27.6. The van der Waals surface area contributed by atoms with E-state index < -0.39 is 193 Å². The second-order valence-corrected chi connectivity index (χ2v) is 21.7. The van der Waals surface area contributed by atoms with Crippen LogP contribution in [0.25, 0.3) is 11.1 Å². The van der Waals surface area contributed by atoms with Crippen LogP contribution in [0.15, 0.2) is 66.7 Å². The van der Waals surface area contributed by atoms with Gasteiger partial charge in [-0.3, -0.25) is 38.1 Å². The third-order valence-corrected chi connectivity index (χ3v) is 15.0. The summed E-state index contributed by atoms with van der Waals surface area (Å²) in [7, 11) is -5.24. The molecule has 30 heteroatoms. The van der Waals surface area contributed by atoms with Gasteiger partial charge in [-0.1, -0.05) is 61.5 Å². The zero-order valence-electron chi connectivity index (χ0n) is 44.4. The number of carbonyl (C=O) groups excluding carboxylic acids is 8. The van der Waals surface area contributed by atoms with Crippen LogP contribution in [-0.2, 0) is 55.1 Å². The number of nitrogens with one attached hydrogen (secondary N) is 6. The molecule has 13 atom stereocenters. The van der Waals surface area contributed by atoms with Crippen LogP contribution in [0.1, 0.15) is 55.7 Å². The van der Waals surface area contributed by atoms with E-state index in [2.05, 4.69) is 36.1 Å². The molecule has 3 aromatic carbocycles. The lowest BCUT2D eigenvalue weighted by Crippen LogP contribution is -2.64. The van der Waals surface area contributed by atoms with Crippen LogP contribution in [-0.4, -0.2) is 218 Å². The van der Waals surface area contributed by atoms with Crippen LogP contribution in [0.5, 0.6) is 11.5 Å². The number of nitrogens with zero attached hydrogens (tertiary/aromatic N) is 2. The van der Waals surface area contributed by atoms with E-state index in [0.29, 0.717) is 0 Å². The summed E-state index contributed by atoms with van der Waals surface area (Å²) < 4.78 is 42.4. The van der Waals surface area contributed by atoms with Crippen LogP contribution >= 0.6 is 0 Å². The highest BCUT2D eigenvalue weighted by Gasteiger charge is 2.50. The summed E-state index contributed by atoms with van der Waals surface area (Å²) in [5.41, 5.74) is 9.90. The summed E-state index contributed by atoms with van der Waals surface area (Å²) in [6.45, 7) is 0.451. The first-order chi connectivity index (χ1) is 38.7. The lowest BCUT2D eigenvalue weighted by atomic mass is 9.98. The number of amides is 8. The summed E-state index contributed by atoms with van der Waals surface area (Å²) in [6, 6.07) is 6.67. The van der Waals surface area contributed by atoms with Crippen molar-refractivity contribution in [1.82, 2.24) is 41.7 Å². The number of aromatic hydroxyl groups is 1. The van der Waals surface area contributed by atoms with E-state index in [-0.39, 0.29) is 31.2 Å². The van der Waals surface area contributed by atoms with E-state index in [1.54, 1.807) is 0 Å². The molecule has 0 aromatic heterocycles. The number of carbonyl (C=O) groups is 8. The van der Waals surface area contributed by atoms with Gasteiger partial charge in [-0.25, -0.2) is 4.79 Å². The van der Waals surface area contributed by atoms with Gasteiger partial charge in [0.1, 0.15) is 36.8 Å². The van der Waals surface area contributed by atoms with Crippen LogP contribution < -0.4 is 41.8 Å². The molecule has 4 aliphatic rings. The highest BCUT2D eigenvalue weighted by atomic mass is 32.3. The van der Waals surface area contributed by atoms with Crippen LogP contribution in [0.4, 0.5) is 4.79 Å². The number of fused-ring (bicyclic) bond motifs is 5. The number of β-amino-alcohol motifs (C(OH)–C–C–N with tert-alkyl or cyclic N) is 1. The Bertz CT molecular complexity index is 2960. The minimum Gasteiger partial charge on any atom is -0.504 e. The average Bonchev–Trinajstić information content (AvgIpc) is 3.50. The molecule has 1 aliphatic carbocycles. The third-order valence-electron chi connectivity index (χ3n) is 14.6. The number of benzene rings is 3. The van der Waals surface area contributed by atoms with Gasteiger partial charge in [0.25, 0.3) is 0 Å². The van der Waals surface area contributed by atoms with E-state index in [4.69, 9.17) is 10.5 Å². The van der Waals surface area contributed by atoms with Crippen molar-refractivity contribution in [3.8, 4) is 22.6 Å². The first kappa shape index (κ1) is 62.1. The van der Waals surface area contributed by atoms with Crippen molar-refractivity contribution in [3.05, 3.63) is 83.4 Å². The minimum atomic E-state index is -5.24. The Hall–Kier alpha value is -7.55. The number of hydrogen-bond acceptors (Lipinski definition) is 20. The monoisotopic (exact) mass is 1170 g/mol. The molecule has 3 fully saturated rings. The lowest BCUT2D eigenvalue weighted by Gasteiger charge is -2.34. The van der Waals surface area contributed by atoms with Gasteiger partial charge in [0.2, 0.25) is 41.4 Å². The molecule has 2 unspecified atom stereocenters. The van der Waals surface area contributed by atoms with Crippen molar-refractivity contribution in [3.63, 3.8) is 0 Å². The molecule has 29 nitrogen and oxygen atoms in total. The number of rotatable bonds is 14. The molecule has 3 saturated heterocycles. The maximum absolute atomic E-state index is 14.8. The molecule has 0 radical (unpaired) electrons. The van der Waals surface area contributed by atoms with E-state index in [0.717, 1.165) is 57.2 Å². The predicted octanol–water partition coefficient (Wildman–Crippen LogP) is -4.90. The highest BCUT2D eigenvalue weighted by molar-refractivity contribution is 7.81. The smallest absolute Gasteiger partial charge is 0.446 e. The molecule has 446 valence electrons. The molecule has 0 saturated carbocycles. The molecular weight excluding hydrogens is 1100 g/mol. The zero-order chi connectivity index (χ0) is 59.9. The van der Waals surface area contributed by atoms with Crippen LogP contribution in [0.2, 0.25) is 0 Å². The number of aliphatic hydroxyl groups excluding tert-OH is 6. The fraction of sp³-hybridized carbons (Fsp3) is 0.500. The van der Waals surface area contributed by atoms with Gasteiger partial charge in [-0.05, 0) is 53.3 Å². The Morgan fingerprint density at radius 3 is 2.01 bits per heavy atom. The fourth-order valence-electron chi connectivity index (χ4n) is 10.4. The molecule has 3 aromatic rings. The molecule has 0 bridgehead atoms. The number of alkyl carbamates (subject to hydrolysis) is 1. The number of aliphatic hydroxyl groups is 6. The lowest BCUT2D eigenvalue weighted by molar-refractivity contribution is -0.147. The minimum absolute atomic E-state index is 0.0110. The number of phenols is 1. The van der Waals surface area contributed by atoms with E-state index in [1.165, 1.54) is 6.92 Å². The predicted molar refractivity (Wildman–Crippen MR) is 283 cm³/mol. The summed E-state index contributed by atoms with van der Waals surface area (Å²) in [5, 5.41) is 91.7. The van der Waals surface area contributed by atoms with Crippen molar-refractivity contribution in [2.45, 2.75) is 118 Å². The molecule has 16 N–H and O–H groups in total. The Labute approximate surface area is 469 Å². The van der Waals surface area contributed by atoms with E-state index in [9.17, 15) is 87.1 Å².